The molecule has 2 rings (SSSR count). The molecule has 100 valence electrons. The summed E-state index contributed by atoms with van der Waals surface area (Å²) in [7, 11) is 0. The van der Waals surface area contributed by atoms with Crippen LogP contribution in [0.4, 0.5) is 4.39 Å². The fraction of sp³-hybridized carbons (Fsp3) is 0.357. The van der Waals surface area contributed by atoms with Crippen LogP contribution in [0.5, 0.6) is 0 Å². The van der Waals surface area contributed by atoms with Gasteiger partial charge in [-0.25, -0.2) is 4.39 Å². The van der Waals surface area contributed by atoms with E-state index >= 15 is 0 Å². The lowest BCUT2D eigenvalue weighted by atomic mass is 10.0. The maximum absolute atomic E-state index is 13.2. The molecule has 5 heteroatoms. The summed E-state index contributed by atoms with van der Waals surface area (Å²) in [5.74, 6) is -0.350. The monoisotopic (exact) mass is 278 g/mol. The van der Waals surface area contributed by atoms with Crippen LogP contribution in [0.2, 0.25) is 0 Å². The van der Waals surface area contributed by atoms with E-state index in [9.17, 15) is 9.18 Å². The van der Waals surface area contributed by atoms with Gasteiger partial charge in [0.2, 0.25) is 0 Å². The second-order valence-electron chi connectivity index (χ2n) is 4.47. The highest BCUT2D eigenvalue weighted by atomic mass is 32.1. The molecule has 1 aromatic heterocycles. The molecule has 19 heavy (non-hydrogen) atoms. The summed E-state index contributed by atoms with van der Waals surface area (Å²) in [6.07, 6.45) is 1.87. The standard InChI is InChI=1S/C14H15FN2OS/c1-3-4-12-14(19-17-16-12)13(18)8-10-7-11(15)6-5-9(10)2/h5-7H,3-4,8H2,1-2H3. The average molecular weight is 278 g/mol. The first-order valence-corrected chi connectivity index (χ1v) is 6.98. The number of rotatable bonds is 5. The zero-order chi connectivity index (χ0) is 13.8. The molecule has 0 radical (unpaired) electrons. The molecule has 2 aromatic rings. The fourth-order valence-electron chi connectivity index (χ4n) is 1.90. The minimum atomic E-state index is -0.315. The van der Waals surface area contributed by atoms with E-state index in [1.54, 1.807) is 6.07 Å². The van der Waals surface area contributed by atoms with Crippen molar-refractivity contribution >= 4 is 17.3 Å². The van der Waals surface area contributed by atoms with Crippen LogP contribution in [-0.2, 0) is 12.8 Å². The first-order valence-electron chi connectivity index (χ1n) is 6.21. The molecular weight excluding hydrogens is 263 g/mol. The smallest absolute Gasteiger partial charge is 0.180 e. The number of benzene rings is 1. The minimum Gasteiger partial charge on any atom is -0.293 e. The summed E-state index contributed by atoms with van der Waals surface area (Å²) >= 11 is 1.12. The molecule has 0 aliphatic rings. The van der Waals surface area contributed by atoms with E-state index in [2.05, 4.69) is 9.59 Å². The number of aryl methyl sites for hydroxylation is 2. The van der Waals surface area contributed by atoms with Gasteiger partial charge in [0.05, 0.1) is 5.69 Å². The highest BCUT2D eigenvalue weighted by Gasteiger charge is 2.17. The van der Waals surface area contributed by atoms with Crippen molar-refractivity contribution in [1.29, 1.82) is 0 Å². The molecule has 0 unspecified atom stereocenters. The third kappa shape index (κ3) is 3.23. The second-order valence-corrected chi connectivity index (χ2v) is 5.22. The largest absolute Gasteiger partial charge is 0.293 e. The van der Waals surface area contributed by atoms with E-state index in [0.29, 0.717) is 4.88 Å². The van der Waals surface area contributed by atoms with Gasteiger partial charge in [-0.3, -0.25) is 4.79 Å². The molecule has 0 atom stereocenters. The van der Waals surface area contributed by atoms with Crippen LogP contribution in [0.25, 0.3) is 0 Å². The summed E-state index contributed by atoms with van der Waals surface area (Å²) in [6, 6.07) is 4.51. The van der Waals surface area contributed by atoms with Crippen molar-refractivity contribution in [3.8, 4) is 0 Å². The molecule has 3 nitrogen and oxygen atoms in total. The Hall–Kier alpha value is -1.62. The van der Waals surface area contributed by atoms with Crippen LogP contribution in [0, 0.1) is 12.7 Å². The summed E-state index contributed by atoms with van der Waals surface area (Å²) in [6.45, 7) is 3.91. The van der Waals surface area contributed by atoms with Gasteiger partial charge in [-0.2, -0.15) is 0 Å². The predicted molar refractivity (Wildman–Crippen MR) is 73.1 cm³/mol. The van der Waals surface area contributed by atoms with E-state index in [1.165, 1.54) is 12.1 Å². The van der Waals surface area contributed by atoms with E-state index < -0.39 is 0 Å². The first kappa shape index (κ1) is 13.8. The molecule has 1 heterocycles. The zero-order valence-corrected chi connectivity index (χ0v) is 11.8. The Labute approximate surface area is 115 Å². The van der Waals surface area contributed by atoms with E-state index in [-0.39, 0.29) is 18.0 Å². The third-order valence-corrected chi connectivity index (χ3v) is 3.77. The van der Waals surface area contributed by atoms with Crippen LogP contribution in [0.1, 0.15) is 39.8 Å². The van der Waals surface area contributed by atoms with Crippen LogP contribution in [0.15, 0.2) is 18.2 Å². The highest BCUT2D eigenvalue weighted by molar-refractivity contribution is 7.08. The van der Waals surface area contributed by atoms with Crippen LogP contribution >= 0.6 is 11.5 Å². The molecule has 0 N–H and O–H groups in total. The lowest BCUT2D eigenvalue weighted by molar-refractivity contribution is 0.0995. The van der Waals surface area contributed by atoms with Crippen LogP contribution < -0.4 is 0 Å². The Kier molecular flexibility index (Phi) is 4.37. The number of aromatic nitrogens is 2. The molecule has 0 aliphatic carbocycles. The zero-order valence-electron chi connectivity index (χ0n) is 10.9. The highest BCUT2D eigenvalue weighted by Crippen LogP contribution is 2.18. The predicted octanol–water partition coefficient (Wildman–Crippen LogP) is 3.36. The average Bonchev–Trinajstić information content (AvgIpc) is 2.82. The number of hydrogen-bond acceptors (Lipinski definition) is 4. The number of halogens is 1. The number of carbonyl (C=O) groups excluding carboxylic acids is 1. The van der Waals surface area contributed by atoms with Crippen molar-refractivity contribution in [2.75, 3.05) is 0 Å². The Bertz CT molecular complexity index is 595. The molecule has 0 aliphatic heterocycles. The Morgan fingerprint density at radius 2 is 2.21 bits per heavy atom. The summed E-state index contributed by atoms with van der Waals surface area (Å²) in [5, 5.41) is 3.98. The maximum Gasteiger partial charge on any atom is 0.180 e. The van der Waals surface area contributed by atoms with Gasteiger partial charge in [0.1, 0.15) is 10.7 Å². The van der Waals surface area contributed by atoms with Crippen molar-refractivity contribution in [2.45, 2.75) is 33.1 Å². The van der Waals surface area contributed by atoms with Crippen molar-refractivity contribution in [3.63, 3.8) is 0 Å². The fourth-order valence-corrected chi connectivity index (χ4v) is 2.55. The summed E-state index contributed by atoms with van der Waals surface area (Å²) in [4.78, 5) is 12.8. The Morgan fingerprint density at radius 3 is 2.95 bits per heavy atom. The van der Waals surface area contributed by atoms with Gasteiger partial charge in [-0.05, 0) is 48.1 Å². The topological polar surface area (TPSA) is 42.9 Å². The maximum atomic E-state index is 13.2. The molecule has 0 spiro atoms. The number of nitrogens with zero attached hydrogens (tertiary/aromatic N) is 2. The SMILES string of the molecule is CCCc1nnsc1C(=O)Cc1cc(F)ccc1C. The molecule has 0 saturated carbocycles. The van der Waals surface area contributed by atoms with Gasteiger partial charge in [-0.15, -0.1) is 5.10 Å². The molecular formula is C14H15FN2OS. The Balaban J connectivity index is 2.21. The molecule has 0 fully saturated rings. The summed E-state index contributed by atoms with van der Waals surface area (Å²) < 4.78 is 17.0. The lowest BCUT2D eigenvalue weighted by Crippen LogP contribution is -2.06. The molecule has 0 saturated heterocycles. The van der Waals surface area contributed by atoms with Gasteiger partial charge in [-0.1, -0.05) is 23.9 Å². The van der Waals surface area contributed by atoms with Crippen LogP contribution in [0.3, 0.4) is 0 Å². The molecule has 1 aromatic carbocycles. The number of hydrogen-bond donors (Lipinski definition) is 0. The van der Waals surface area contributed by atoms with Gasteiger partial charge >= 0.3 is 0 Å². The number of Topliss-reactive ketones (excluding diaryl/α,β-unsaturated/α-hetero) is 1. The van der Waals surface area contributed by atoms with Crippen molar-refractivity contribution in [3.05, 3.63) is 45.7 Å². The van der Waals surface area contributed by atoms with Gasteiger partial charge in [0, 0.05) is 6.42 Å². The molecule has 0 bridgehead atoms. The second kappa shape index (κ2) is 6.02. The first-order chi connectivity index (χ1) is 9.11. The number of carbonyl (C=O) groups is 1. The Morgan fingerprint density at radius 1 is 1.42 bits per heavy atom. The quantitative estimate of drug-likeness (QED) is 0.788. The van der Waals surface area contributed by atoms with E-state index in [0.717, 1.165) is 41.2 Å². The minimum absolute atomic E-state index is 0.0350. The van der Waals surface area contributed by atoms with Crippen LogP contribution in [-0.4, -0.2) is 15.4 Å². The van der Waals surface area contributed by atoms with Gasteiger partial charge in [0.25, 0.3) is 0 Å². The van der Waals surface area contributed by atoms with E-state index in [4.69, 9.17) is 0 Å². The third-order valence-electron chi connectivity index (χ3n) is 2.96. The van der Waals surface area contributed by atoms with Crippen molar-refractivity contribution in [2.24, 2.45) is 0 Å². The number of ketones is 1. The summed E-state index contributed by atoms with van der Waals surface area (Å²) in [5.41, 5.74) is 2.40. The van der Waals surface area contributed by atoms with Crippen molar-refractivity contribution in [1.82, 2.24) is 9.59 Å². The van der Waals surface area contributed by atoms with E-state index in [1.807, 2.05) is 13.8 Å². The normalized spacial score (nSPS) is 10.7. The lowest BCUT2D eigenvalue weighted by Gasteiger charge is -2.05. The van der Waals surface area contributed by atoms with Gasteiger partial charge < -0.3 is 0 Å². The van der Waals surface area contributed by atoms with Crippen molar-refractivity contribution < 1.29 is 9.18 Å². The molecule has 0 amide bonds. The van der Waals surface area contributed by atoms with Gasteiger partial charge in [0.15, 0.2) is 5.78 Å².